The molecular formula is C12H20N2O. The highest BCUT2D eigenvalue weighted by Gasteiger charge is 2.15. The molecule has 2 rings (SSSR count). The average molecular weight is 208 g/mol. The zero-order valence-electron chi connectivity index (χ0n) is 9.62. The summed E-state index contributed by atoms with van der Waals surface area (Å²) >= 11 is 0. The van der Waals surface area contributed by atoms with Crippen molar-refractivity contribution in [3.05, 3.63) is 17.8 Å². The minimum Gasteiger partial charge on any atom is -0.448 e. The Morgan fingerprint density at radius 3 is 3.00 bits per heavy atom. The Morgan fingerprint density at radius 2 is 2.40 bits per heavy atom. The third-order valence-corrected chi connectivity index (χ3v) is 2.93. The smallest absolute Gasteiger partial charge is 0.196 e. The van der Waals surface area contributed by atoms with Crippen LogP contribution in [0.5, 0.6) is 0 Å². The lowest BCUT2D eigenvalue weighted by Crippen LogP contribution is -2.35. The van der Waals surface area contributed by atoms with Crippen LogP contribution < -0.4 is 5.32 Å². The molecule has 1 saturated heterocycles. The number of nitrogens with zero attached hydrogens (tertiary/aromatic N) is 1. The summed E-state index contributed by atoms with van der Waals surface area (Å²) in [6.07, 6.45) is 6.74. The number of hydrogen-bond donors (Lipinski definition) is 1. The lowest BCUT2D eigenvalue weighted by molar-refractivity contribution is 0.396. The zero-order chi connectivity index (χ0) is 10.7. The average Bonchev–Trinajstić information content (AvgIpc) is 2.68. The van der Waals surface area contributed by atoms with E-state index < -0.39 is 0 Å². The molecule has 84 valence electrons. The SMILES string of the molecule is CC(C)c1nc(CC2CCCCN2)co1. The van der Waals surface area contributed by atoms with Crippen LogP contribution in [0.25, 0.3) is 0 Å². The van der Waals surface area contributed by atoms with Crippen molar-refractivity contribution >= 4 is 0 Å². The van der Waals surface area contributed by atoms with Gasteiger partial charge in [0.2, 0.25) is 0 Å². The first-order chi connectivity index (χ1) is 7.25. The maximum absolute atomic E-state index is 5.43. The molecule has 3 nitrogen and oxygen atoms in total. The molecule has 1 aromatic rings. The normalized spacial score (nSPS) is 22.2. The van der Waals surface area contributed by atoms with E-state index in [-0.39, 0.29) is 0 Å². The molecule has 1 aromatic heterocycles. The van der Waals surface area contributed by atoms with Crippen molar-refractivity contribution in [3.8, 4) is 0 Å². The molecule has 0 aliphatic carbocycles. The van der Waals surface area contributed by atoms with Gasteiger partial charge in [-0.1, -0.05) is 20.3 Å². The van der Waals surface area contributed by atoms with E-state index in [0.717, 1.165) is 24.6 Å². The third kappa shape index (κ3) is 2.81. The monoisotopic (exact) mass is 208 g/mol. The van der Waals surface area contributed by atoms with Gasteiger partial charge in [-0.25, -0.2) is 4.98 Å². The minimum absolute atomic E-state index is 0.387. The summed E-state index contributed by atoms with van der Waals surface area (Å²) < 4.78 is 5.43. The molecule has 1 atom stereocenters. The van der Waals surface area contributed by atoms with E-state index in [1.54, 1.807) is 0 Å². The molecule has 0 saturated carbocycles. The van der Waals surface area contributed by atoms with Gasteiger partial charge in [-0.15, -0.1) is 0 Å². The van der Waals surface area contributed by atoms with Gasteiger partial charge in [0, 0.05) is 18.4 Å². The van der Waals surface area contributed by atoms with Crippen LogP contribution in [0.3, 0.4) is 0 Å². The Kier molecular flexibility index (Phi) is 3.41. The van der Waals surface area contributed by atoms with E-state index in [0.29, 0.717) is 12.0 Å². The lowest BCUT2D eigenvalue weighted by Gasteiger charge is -2.22. The maximum atomic E-state index is 5.43. The Hall–Kier alpha value is -0.830. The number of rotatable bonds is 3. The summed E-state index contributed by atoms with van der Waals surface area (Å²) in [7, 11) is 0. The molecule has 0 radical (unpaired) electrons. The van der Waals surface area contributed by atoms with Gasteiger partial charge in [-0.05, 0) is 19.4 Å². The van der Waals surface area contributed by atoms with E-state index in [1.165, 1.54) is 19.3 Å². The molecule has 1 aliphatic heterocycles. The van der Waals surface area contributed by atoms with Crippen LogP contribution in [0.4, 0.5) is 0 Å². The Balaban J connectivity index is 1.91. The van der Waals surface area contributed by atoms with E-state index in [9.17, 15) is 0 Å². The van der Waals surface area contributed by atoms with Gasteiger partial charge < -0.3 is 9.73 Å². The molecule has 1 unspecified atom stereocenters. The van der Waals surface area contributed by atoms with E-state index in [2.05, 4.69) is 24.1 Å². The molecule has 1 fully saturated rings. The van der Waals surface area contributed by atoms with Crippen molar-refractivity contribution in [3.63, 3.8) is 0 Å². The van der Waals surface area contributed by atoms with Crippen LogP contribution in [-0.4, -0.2) is 17.6 Å². The second kappa shape index (κ2) is 4.79. The second-order valence-corrected chi connectivity index (χ2v) is 4.68. The highest BCUT2D eigenvalue weighted by atomic mass is 16.3. The van der Waals surface area contributed by atoms with E-state index in [1.807, 2.05) is 6.26 Å². The predicted octanol–water partition coefficient (Wildman–Crippen LogP) is 2.48. The number of piperidine rings is 1. The molecule has 2 heterocycles. The minimum atomic E-state index is 0.387. The van der Waals surface area contributed by atoms with Crippen molar-refractivity contribution in [2.45, 2.75) is 51.5 Å². The van der Waals surface area contributed by atoms with Gasteiger partial charge in [-0.3, -0.25) is 0 Å². The first kappa shape index (κ1) is 10.7. The van der Waals surface area contributed by atoms with Gasteiger partial charge in [-0.2, -0.15) is 0 Å². The van der Waals surface area contributed by atoms with Crippen molar-refractivity contribution in [2.75, 3.05) is 6.54 Å². The second-order valence-electron chi connectivity index (χ2n) is 4.68. The summed E-state index contributed by atoms with van der Waals surface area (Å²) in [5, 5.41) is 3.52. The van der Waals surface area contributed by atoms with Crippen LogP contribution in [0.1, 0.15) is 50.6 Å². The van der Waals surface area contributed by atoms with Crippen molar-refractivity contribution in [1.82, 2.24) is 10.3 Å². The largest absolute Gasteiger partial charge is 0.448 e. The first-order valence-electron chi connectivity index (χ1n) is 5.93. The summed E-state index contributed by atoms with van der Waals surface area (Å²) in [4.78, 5) is 4.50. The topological polar surface area (TPSA) is 38.1 Å². The van der Waals surface area contributed by atoms with Crippen molar-refractivity contribution in [2.24, 2.45) is 0 Å². The predicted molar refractivity (Wildman–Crippen MR) is 59.9 cm³/mol. The Morgan fingerprint density at radius 1 is 1.53 bits per heavy atom. The standard InChI is InChI=1S/C12H20N2O/c1-9(2)12-14-11(8-15-12)7-10-5-3-4-6-13-10/h8-10,13H,3-7H2,1-2H3. The van der Waals surface area contributed by atoms with E-state index >= 15 is 0 Å². The summed E-state index contributed by atoms with van der Waals surface area (Å²) in [6, 6.07) is 0.601. The van der Waals surface area contributed by atoms with Crippen LogP contribution in [0.15, 0.2) is 10.7 Å². The molecule has 0 amide bonds. The van der Waals surface area contributed by atoms with Gasteiger partial charge >= 0.3 is 0 Å². The van der Waals surface area contributed by atoms with Gasteiger partial charge in [0.25, 0.3) is 0 Å². The molecule has 1 aliphatic rings. The Bertz CT molecular complexity index is 300. The van der Waals surface area contributed by atoms with E-state index in [4.69, 9.17) is 4.42 Å². The van der Waals surface area contributed by atoms with Crippen LogP contribution >= 0.6 is 0 Å². The zero-order valence-corrected chi connectivity index (χ0v) is 9.62. The Labute approximate surface area is 91.3 Å². The van der Waals surface area contributed by atoms with Crippen LogP contribution in [0.2, 0.25) is 0 Å². The fourth-order valence-electron chi connectivity index (χ4n) is 2.03. The number of hydrogen-bond acceptors (Lipinski definition) is 3. The maximum Gasteiger partial charge on any atom is 0.196 e. The molecule has 0 bridgehead atoms. The molecule has 15 heavy (non-hydrogen) atoms. The van der Waals surface area contributed by atoms with Crippen LogP contribution in [0, 0.1) is 0 Å². The molecule has 3 heteroatoms. The fourth-order valence-corrected chi connectivity index (χ4v) is 2.03. The molecular weight excluding hydrogens is 188 g/mol. The fraction of sp³-hybridized carbons (Fsp3) is 0.750. The molecule has 0 aromatic carbocycles. The molecule has 0 spiro atoms. The molecule has 1 N–H and O–H groups in total. The highest BCUT2D eigenvalue weighted by Crippen LogP contribution is 2.16. The summed E-state index contributed by atoms with van der Waals surface area (Å²) in [5.74, 6) is 1.25. The summed E-state index contributed by atoms with van der Waals surface area (Å²) in [5.41, 5.74) is 1.10. The van der Waals surface area contributed by atoms with Crippen molar-refractivity contribution in [1.29, 1.82) is 0 Å². The van der Waals surface area contributed by atoms with Gasteiger partial charge in [0.15, 0.2) is 5.89 Å². The van der Waals surface area contributed by atoms with Crippen LogP contribution in [-0.2, 0) is 6.42 Å². The summed E-state index contributed by atoms with van der Waals surface area (Å²) in [6.45, 7) is 5.36. The lowest BCUT2D eigenvalue weighted by atomic mass is 10.0. The number of nitrogens with one attached hydrogen (secondary N) is 1. The van der Waals surface area contributed by atoms with Gasteiger partial charge in [0.1, 0.15) is 6.26 Å². The quantitative estimate of drug-likeness (QED) is 0.829. The highest BCUT2D eigenvalue weighted by molar-refractivity contribution is 5.01. The van der Waals surface area contributed by atoms with Gasteiger partial charge in [0.05, 0.1) is 5.69 Å². The number of aromatic nitrogens is 1. The first-order valence-corrected chi connectivity index (χ1v) is 5.93. The third-order valence-electron chi connectivity index (χ3n) is 2.93. The number of oxazole rings is 1. The van der Waals surface area contributed by atoms with Crippen molar-refractivity contribution < 1.29 is 4.42 Å².